The van der Waals surface area contributed by atoms with Crippen LogP contribution in [0.1, 0.15) is 24.8 Å². The summed E-state index contributed by atoms with van der Waals surface area (Å²) < 4.78 is 1.10. The molecule has 0 aliphatic heterocycles. The fraction of sp³-hybridized carbons (Fsp3) is 0.294. The van der Waals surface area contributed by atoms with Crippen molar-refractivity contribution in [3.63, 3.8) is 0 Å². The number of hydrogen-bond acceptors (Lipinski definition) is 2. The van der Waals surface area contributed by atoms with Crippen LogP contribution in [0.15, 0.2) is 58.1 Å². The minimum atomic E-state index is 0. The van der Waals surface area contributed by atoms with Gasteiger partial charge in [-0.2, -0.15) is 0 Å². The highest BCUT2D eigenvalue weighted by molar-refractivity contribution is 14.0. The Hall–Kier alpha value is -1.15. The average Bonchev–Trinajstić information content (AvgIpc) is 2.49. The van der Waals surface area contributed by atoms with E-state index in [0.717, 1.165) is 23.1 Å². The molecule has 1 aromatic heterocycles. The number of anilines is 1. The summed E-state index contributed by atoms with van der Waals surface area (Å²) in [5.74, 6) is 1.14. The Labute approximate surface area is 162 Å². The summed E-state index contributed by atoms with van der Waals surface area (Å²) in [6.07, 6.45) is 5.30. The summed E-state index contributed by atoms with van der Waals surface area (Å²) in [5.41, 5.74) is 7.47. The molecule has 1 saturated carbocycles. The number of benzene rings is 1. The number of halogens is 2. The number of aliphatic imine (C=N–C) groups is 1. The van der Waals surface area contributed by atoms with Gasteiger partial charge < -0.3 is 11.1 Å². The maximum absolute atomic E-state index is 5.99. The fourth-order valence-electron chi connectivity index (χ4n) is 2.79. The van der Waals surface area contributed by atoms with E-state index in [9.17, 15) is 0 Å². The first-order valence-corrected chi connectivity index (χ1v) is 8.21. The van der Waals surface area contributed by atoms with Gasteiger partial charge in [-0.1, -0.05) is 40.5 Å². The molecule has 0 bridgehead atoms. The van der Waals surface area contributed by atoms with E-state index >= 15 is 0 Å². The Bertz CT molecular complexity index is 654. The highest BCUT2D eigenvalue weighted by atomic mass is 127. The van der Waals surface area contributed by atoms with E-state index in [0.29, 0.717) is 12.5 Å². The molecule has 0 saturated heterocycles. The highest BCUT2D eigenvalue weighted by Crippen LogP contribution is 2.44. The fourth-order valence-corrected chi connectivity index (χ4v) is 3.05. The SMILES string of the molecule is I.NC(=NCC1(c2ccc(Br)cc2)CCC1)Nc1ccccn1. The molecule has 3 rings (SSSR count). The second-order valence-corrected chi connectivity index (χ2v) is 6.60. The lowest BCUT2D eigenvalue weighted by atomic mass is 9.64. The molecular formula is C17H20BrIN4. The van der Waals surface area contributed by atoms with E-state index in [1.807, 2.05) is 18.2 Å². The Kier molecular flexibility index (Phi) is 6.41. The quantitative estimate of drug-likeness (QED) is 0.384. The summed E-state index contributed by atoms with van der Waals surface area (Å²) in [7, 11) is 0. The zero-order valence-corrected chi connectivity index (χ0v) is 16.6. The van der Waals surface area contributed by atoms with Gasteiger partial charge in [-0.3, -0.25) is 4.99 Å². The van der Waals surface area contributed by atoms with Crippen LogP contribution in [0, 0.1) is 0 Å². The maximum atomic E-state index is 5.99. The molecule has 122 valence electrons. The summed E-state index contributed by atoms with van der Waals surface area (Å²) in [6.45, 7) is 0.709. The second kappa shape index (κ2) is 8.10. The Morgan fingerprint density at radius 2 is 1.96 bits per heavy atom. The number of pyridine rings is 1. The van der Waals surface area contributed by atoms with Gasteiger partial charge in [-0.05, 0) is 42.7 Å². The lowest BCUT2D eigenvalue weighted by Crippen LogP contribution is -2.38. The van der Waals surface area contributed by atoms with E-state index in [1.54, 1.807) is 6.20 Å². The highest BCUT2D eigenvalue weighted by Gasteiger charge is 2.38. The molecule has 3 N–H and O–H groups in total. The topological polar surface area (TPSA) is 63.3 Å². The third-order valence-electron chi connectivity index (χ3n) is 4.24. The van der Waals surface area contributed by atoms with E-state index in [-0.39, 0.29) is 29.4 Å². The van der Waals surface area contributed by atoms with Gasteiger partial charge >= 0.3 is 0 Å². The van der Waals surface area contributed by atoms with Gasteiger partial charge in [0.1, 0.15) is 5.82 Å². The summed E-state index contributed by atoms with van der Waals surface area (Å²) >= 11 is 3.49. The summed E-state index contributed by atoms with van der Waals surface area (Å²) in [5, 5.41) is 3.03. The van der Waals surface area contributed by atoms with Gasteiger partial charge in [0.15, 0.2) is 5.96 Å². The van der Waals surface area contributed by atoms with E-state index in [2.05, 4.69) is 55.5 Å². The van der Waals surface area contributed by atoms with Crippen LogP contribution in [-0.2, 0) is 5.41 Å². The smallest absolute Gasteiger partial charge is 0.194 e. The molecule has 1 aliphatic rings. The van der Waals surface area contributed by atoms with Crippen molar-refractivity contribution in [1.82, 2.24) is 4.98 Å². The van der Waals surface area contributed by atoms with Gasteiger partial charge in [0.2, 0.25) is 0 Å². The Morgan fingerprint density at radius 3 is 2.52 bits per heavy atom. The molecular weight excluding hydrogens is 467 g/mol. The molecule has 6 heteroatoms. The van der Waals surface area contributed by atoms with Gasteiger partial charge in [-0.25, -0.2) is 4.98 Å². The minimum Gasteiger partial charge on any atom is -0.370 e. The van der Waals surface area contributed by atoms with Crippen molar-refractivity contribution >= 4 is 51.7 Å². The standard InChI is InChI=1S/C17H19BrN4.HI/c18-14-7-5-13(6-8-14)17(9-3-10-17)12-21-16(19)22-15-4-1-2-11-20-15;/h1-2,4-8,11H,3,9-10,12H2,(H3,19,20,21,22);1H. The zero-order valence-electron chi connectivity index (χ0n) is 12.7. The van der Waals surface area contributed by atoms with Crippen LogP contribution in [0.25, 0.3) is 0 Å². The molecule has 0 unspecified atom stereocenters. The van der Waals surface area contributed by atoms with Crippen molar-refractivity contribution in [3.05, 3.63) is 58.7 Å². The van der Waals surface area contributed by atoms with Crippen LogP contribution >= 0.6 is 39.9 Å². The van der Waals surface area contributed by atoms with Crippen LogP contribution < -0.4 is 11.1 Å². The van der Waals surface area contributed by atoms with Crippen molar-refractivity contribution in [1.29, 1.82) is 0 Å². The third kappa shape index (κ3) is 4.44. The molecule has 23 heavy (non-hydrogen) atoms. The second-order valence-electron chi connectivity index (χ2n) is 5.68. The molecule has 4 nitrogen and oxygen atoms in total. The molecule has 1 heterocycles. The number of nitrogens with two attached hydrogens (primary N) is 1. The van der Waals surface area contributed by atoms with Crippen LogP contribution in [0.3, 0.4) is 0 Å². The lowest BCUT2D eigenvalue weighted by molar-refractivity contribution is 0.254. The van der Waals surface area contributed by atoms with Crippen molar-refractivity contribution < 1.29 is 0 Å². The molecule has 1 aromatic carbocycles. The first-order valence-electron chi connectivity index (χ1n) is 7.42. The van der Waals surface area contributed by atoms with Gasteiger partial charge in [0, 0.05) is 16.1 Å². The number of hydrogen-bond donors (Lipinski definition) is 2. The maximum Gasteiger partial charge on any atom is 0.194 e. The minimum absolute atomic E-state index is 0. The molecule has 1 fully saturated rings. The molecule has 0 amide bonds. The van der Waals surface area contributed by atoms with Crippen molar-refractivity contribution in [2.24, 2.45) is 10.7 Å². The Balaban J connectivity index is 0.00000192. The first kappa shape index (κ1) is 18.2. The average molecular weight is 487 g/mol. The normalized spacial score (nSPS) is 16.1. The van der Waals surface area contributed by atoms with E-state index < -0.39 is 0 Å². The largest absolute Gasteiger partial charge is 0.370 e. The third-order valence-corrected chi connectivity index (χ3v) is 4.77. The summed E-state index contributed by atoms with van der Waals surface area (Å²) in [6, 6.07) is 14.2. The van der Waals surface area contributed by atoms with Crippen molar-refractivity contribution in [2.45, 2.75) is 24.7 Å². The Morgan fingerprint density at radius 1 is 1.22 bits per heavy atom. The summed E-state index contributed by atoms with van der Waals surface area (Å²) in [4.78, 5) is 8.73. The molecule has 1 aliphatic carbocycles. The monoisotopic (exact) mass is 486 g/mol. The molecule has 2 aromatic rings. The predicted octanol–water partition coefficient (Wildman–Crippen LogP) is 4.31. The van der Waals surface area contributed by atoms with Crippen LogP contribution in [0.4, 0.5) is 5.82 Å². The van der Waals surface area contributed by atoms with Crippen molar-refractivity contribution in [2.75, 3.05) is 11.9 Å². The number of aromatic nitrogens is 1. The first-order chi connectivity index (χ1) is 10.7. The van der Waals surface area contributed by atoms with Crippen LogP contribution in [0.2, 0.25) is 0 Å². The molecule has 0 atom stereocenters. The number of nitrogens with zero attached hydrogens (tertiary/aromatic N) is 2. The number of rotatable bonds is 4. The van der Waals surface area contributed by atoms with E-state index in [1.165, 1.54) is 12.0 Å². The van der Waals surface area contributed by atoms with Gasteiger partial charge in [0.05, 0.1) is 6.54 Å². The lowest BCUT2D eigenvalue weighted by Gasteiger charge is -2.41. The van der Waals surface area contributed by atoms with Crippen LogP contribution in [-0.4, -0.2) is 17.5 Å². The molecule has 0 spiro atoms. The van der Waals surface area contributed by atoms with Gasteiger partial charge in [0.25, 0.3) is 0 Å². The van der Waals surface area contributed by atoms with Crippen LogP contribution in [0.5, 0.6) is 0 Å². The number of guanidine groups is 1. The zero-order chi connectivity index (χ0) is 15.4. The molecule has 0 radical (unpaired) electrons. The number of nitrogens with one attached hydrogen (secondary N) is 1. The van der Waals surface area contributed by atoms with Gasteiger partial charge in [-0.15, -0.1) is 24.0 Å². The van der Waals surface area contributed by atoms with Crippen molar-refractivity contribution in [3.8, 4) is 0 Å². The van der Waals surface area contributed by atoms with E-state index in [4.69, 9.17) is 5.73 Å². The predicted molar refractivity (Wildman–Crippen MR) is 109 cm³/mol.